The van der Waals surface area contributed by atoms with Crippen LogP contribution in [0, 0.1) is 10.1 Å². The molecule has 2 rings (SSSR count). The SMILES string of the molecule is CCCCCS(=O)(=O)CC(=O)N1CCN(c2ccc(C(F)(F)F)cc2[N+](=O)[O-])CC1. The van der Waals surface area contributed by atoms with Crippen LogP contribution >= 0.6 is 0 Å². The van der Waals surface area contributed by atoms with E-state index in [1.165, 1.54) is 9.80 Å². The number of rotatable bonds is 8. The molecule has 0 spiro atoms. The summed E-state index contributed by atoms with van der Waals surface area (Å²) in [6.45, 7) is 2.49. The second-order valence-corrected chi connectivity index (χ2v) is 9.31. The van der Waals surface area contributed by atoms with Crippen molar-refractivity contribution in [1.82, 2.24) is 4.90 Å². The Morgan fingerprint density at radius 1 is 1.17 bits per heavy atom. The number of benzene rings is 1. The Labute approximate surface area is 172 Å². The molecule has 1 heterocycles. The summed E-state index contributed by atoms with van der Waals surface area (Å²) >= 11 is 0. The molecule has 168 valence electrons. The topological polar surface area (TPSA) is 101 Å². The smallest absolute Gasteiger partial charge is 0.362 e. The Balaban J connectivity index is 2.03. The fraction of sp³-hybridized carbons (Fsp3) is 0.611. The van der Waals surface area contributed by atoms with Crippen molar-refractivity contribution >= 4 is 27.1 Å². The van der Waals surface area contributed by atoms with Crippen LogP contribution in [0.4, 0.5) is 24.5 Å². The van der Waals surface area contributed by atoms with Crippen LogP contribution in [0.3, 0.4) is 0 Å². The zero-order chi connectivity index (χ0) is 22.5. The summed E-state index contributed by atoms with van der Waals surface area (Å²) in [7, 11) is -3.51. The lowest BCUT2D eigenvalue weighted by Gasteiger charge is -2.35. The van der Waals surface area contributed by atoms with Crippen molar-refractivity contribution in [2.45, 2.75) is 32.4 Å². The minimum atomic E-state index is -4.70. The number of nitrogens with zero attached hydrogens (tertiary/aromatic N) is 3. The Hall–Kier alpha value is -2.37. The number of hydrogen-bond acceptors (Lipinski definition) is 6. The summed E-state index contributed by atoms with van der Waals surface area (Å²) < 4.78 is 62.7. The van der Waals surface area contributed by atoms with Crippen LogP contribution in [0.1, 0.15) is 31.7 Å². The number of halogens is 3. The van der Waals surface area contributed by atoms with Gasteiger partial charge in [0, 0.05) is 32.2 Å². The molecule has 1 amide bonds. The van der Waals surface area contributed by atoms with Crippen molar-refractivity contribution in [3.63, 3.8) is 0 Å². The van der Waals surface area contributed by atoms with Gasteiger partial charge in [0.25, 0.3) is 5.69 Å². The number of nitro benzene ring substituents is 1. The van der Waals surface area contributed by atoms with Crippen LogP contribution in [0.5, 0.6) is 0 Å². The molecule has 1 aromatic carbocycles. The van der Waals surface area contributed by atoms with Gasteiger partial charge in [-0.2, -0.15) is 13.2 Å². The van der Waals surface area contributed by atoms with Gasteiger partial charge in [0.15, 0.2) is 9.84 Å². The van der Waals surface area contributed by atoms with E-state index in [2.05, 4.69) is 0 Å². The van der Waals surface area contributed by atoms with Crippen LogP contribution in [0.25, 0.3) is 0 Å². The summed E-state index contributed by atoms with van der Waals surface area (Å²) in [5.74, 6) is -1.17. The molecule has 1 aliphatic heterocycles. The van der Waals surface area contributed by atoms with E-state index in [4.69, 9.17) is 0 Å². The summed E-state index contributed by atoms with van der Waals surface area (Å²) in [4.78, 5) is 25.6. The van der Waals surface area contributed by atoms with Gasteiger partial charge in [-0.1, -0.05) is 19.8 Å². The number of nitro groups is 1. The van der Waals surface area contributed by atoms with E-state index in [0.29, 0.717) is 12.5 Å². The lowest BCUT2D eigenvalue weighted by atomic mass is 10.1. The first kappa shape index (κ1) is 23.9. The molecule has 0 N–H and O–H groups in total. The van der Waals surface area contributed by atoms with E-state index in [9.17, 15) is 36.5 Å². The second-order valence-electron chi connectivity index (χ2n) is 7.13. The predicted molar refractivity (Wildman–Crippen MR) is 105 cm³/mol. The van der Waals surface area contributed by atoms with Gasteiger partial charge in [-0.05, 0) is 18.6 Å². The monoisotopic (exact) mass is 451 g/mol. The van der Waals surface area contributed by atoms with E-state index in [0.717, 1.165) is 25.0 Å². The van der Waals surface area contributed by atoms with Crippen molar-refractivity contribution in [3.05, 3.63) is 33.9 Å². The highest BCUT2D eigenvalue weighted by Crippen LogP contribution is 2.36. The van der Waals surface area contributed by atoms with Gasteiger partial charge in [-0.25, -0.2) is 8.42 Å². The van der Waals surface area contributed by atoms with Gasteiger partial charge in [0.1, 0.15) is 11.4 Å². The normalized spacial score (nSPS) is 15.3. The predicted octanol–water partition coefficient (Wildman–Crippen LogP) is 2.87. The molecule has 0 aliphatic carbocycles. The van der Waals surface area contributed by atoms with Crippen LogP contribution < -0.4 is 4.90 Å². The van der Waals surface area contributed by atoms with E-state index in [1.54, 1.807) is 0 Å². The van der Waals surface area contributed by atoms with Gasteiger partial charge >= 0.3 is 6.18 Å². The highest BCUT2D eigenvalue weighted by atomic mass is 32.2. The third-order valence-electron chi connectivity index (χ3n) is 4.87. The molecule has 30 heavy (non-hydrogen) atoms. The first-order valence-electron chi connectivity index (χ1n) is 9.53. The highest BCUT2D eigenvalue weighted by molar-refractivity contribution is 7.92. The third-order valence-corrected chi connectivity index (χ3v) is 6.47. The van der Waals surface area contributed by atoms with E-state index in [-0.39, 0.29) is 37.6 Å². The molecule has 12 heteroatoms. The largest absolute Gasteiger partial charge is 0.416 e. The molecular weight excluding hydrogens is 427 g/mol. The lowest BCUT2D eigenvalue weighted by molar-refractivity contribution is -0.384. The van der Waals surface area contributed by atoms with Gasteiger partial charge in [-0.3, -0.25) is 14.9 Å². The Morgan fingerprint density at radius 3 is 2.33 bits per heavy atom. The standard InChI is InChI=1S/C18H24F3N3O5S/c1-2-3-4-11-30(28,29)13-17(25)23-9-7-22(8-10-23)15-6-5-14(18(19,20)21)12-16(15)24(26)27/h5-6,12H,2-4,7-11,13H2,1H3. The third kappa shape index (κ3) is 6.31. The first-order chi connectivity index (χ1) is 13.9. The van der Waals surface area contributed by atoms with Gasteiger partial charge < -0.3 is 9.80 Å². The van der Waals surface area contributed by atoms with Gasteiger partial charge in [0.05, 0.1) is 16.2 Å². The first-order valence-corrected chi connectivity index (χ1v) is 11.4. The molecule has 0 bridgehead atoms. The lowest BCUT2D eigenvalue weighted by Crippen LogP contribution is -2.50. The second kappa shape index (κ2) is 9.63. The molecule has 1 aliphatic rings. The van der Waals surface area contributed by atoms with Crippen molar-refractivity contribution < 1.29 is 31.3 Å². The number of unbranched alkanes of at least 4 members (excludes halogenated alkanes) is 2. The molecule has 1 aromatic rings. The molecule has 1 fully saturated rings. The molecule has 0 saturated carbocycles. The molecular formula is C18H24F3N3O5S. The van der Waals surface area contributed by atoms with Crippen LogP contribution in [-0.4, -0.2) is 61.8 Å². The number of anilines is 1. The summed E-state index contributed by atoms with van der Waals surface area (Å²) in [6.07, 6.45) is -2.58. The zero-order valence-electron chi connectivity index (χ0n) is 16.5. The number of piperazine rings is 1. The molecule has 8 nitrogen and oxygen atoms in total. The fourth-order valence-electron chi connectivity index (χ4n) is 3.23. The van der Waals surface area contributed by atoms with Crippen LogP contribution in [-0.2, 0) is 20.8 Å². The zero-order valence-corrected chi connectivity index (χ0v) is 17.3. The average molecular weight is 451 g/mol. The van der Waals surface area contributed by atoms with Crippen LogP contribution in [0.2, 0.25) is 0 Å². The number of sulfone groups is 1. The number of carbonyl (C=O) groups excluding carboxylic acids is 1. The van der Waals surface area contributed by atoms with Gasteiger partial charge in [-0.15, -0.1) is 0 Å². The number of amides is 1. The molecule has 0 atom stereocenters. The fourth-order valence-corrected chi connectivity index (χ4v) is 4.58. The minimum absolute atomic E-state index is 0.0345. The molecule has 0 unspecified atom stereocenters. The van der Waals surface area contributed by atoms with E-state index in [1.807, 2.05) is 6.92 Å². The molecule has 1 saturated heterocycles. The summed E-state index contributed by atoms with van der Waals surface area (Å²) in [5.41, 5.74) is -1.74. The Kier molecular flexibility index (Phi) is 7.67. The van der Waals surface area contributed by atoms with Gasteiger partial charge in [0.2, 0.25) is 5.91 Å². The van der Waals surface area contributed by atoms with E-state index >= 15 is 0 Å². The van der Waals surface area contributed by atoms with Crippen molar-refractivity contribution in [1.29, 1.82) is 0 Å². The highest BCUT2D eigenvalue weighted by Gasteiger charge is 2.34. The molecule has 0 aromatic heterocycles. The van der Waals surface area contributed by atoms with E-state index < -0.39 is 43.8 Å². The minimum Gasteiger partial charge on any atom is -0.362 e. The van der Waals surface area contributed by atoms with Crippen molar-refractivity contribution in [2.24, 2.45) is 0 Å². The number of hydrogen-bond donors (Lipinski definition) is 0. The Bertz CT molecular complexity index is 882. The maximum atomic E-state index is 12.8. The van der Waals surface area contributed by atoms with Crippen LogP contribution in [0.15, 0.2) is 18.2 Å². The Morgan fingerprint density at radius 2 is 1.80 bits per heavy atom. The molecule has 0 radical (unpaired) electrons. The quantitative estimate of drug-likeness (QED) is 0.342. The van der Waals surface area contributed by atoms with Crippen molar-refractivity contribution in [2.75, 3.05) is 42.6 Å². The summed E-state index contributed by atoms with van der Waals surface area (Å²) in [5, 5.41) is 11.3. The number of alkyl halides is 3. The van der Waals surface area contributed by atoms with Crippen molar-refractivity contribution in [3.8, 4) is 0 Å². The summed E-state index contributed by atoms with van der Waals surface area (Å²) in [6, 6.07) is 2.33. The number of carbonyl (C=O) groups is 1. The average Bonchev–Trinajstić information content (AvgIpc) is 2.66. The maximum Gasteiger partial charge on any atom is 0.416 e. The maximum absolute atomic E-state index is 12.8.